The third kappa shape index (κ3) is 3.46. The highest BCUT2D eigenvalue weighted by molar-refractivity contribution is 6.43. The molecule has 0 radical (unpaired) electrons. The van der Waals surface area contributed by atoms with Crippen molar-refractivity contribution in [3.63, 3.8) is 0 Å². The number of hydrogen-bond acceptors (Lipinski definition) is 6. The molecule has 0 saturated carbocycles. The van der Waals surface area contributed by atoms with Gasteiger partial charge in [-0.05, 0) is 18.2 Å². The molecule has 1 N–H and O–H groups in total. The lowest BCUT2D eigenvalue weighted by molar-refractivity contribution is -0.114. The number of halogens is 1. The Hall–Kier alpha value is -2.93. The van der Waals surface area contributed by atoms with Crippen molar-refractivity contribution < 1.29 is 18.7 Å². The van der Waals surface area contributed by atoms with Crippen LogP contribution in [0, 0.1) is 0 Å². The number of rotatable bonds is 6. The molecule has 0 amide bonds. The summed E-state index contributed by atoms with van der Waals surface area (Å²) >= 11 is 5.89. The summed E-state index contributed by atoms with van der Waals surface area (Å²) in [4.78, 5) is 27.5. The first kappa shape index (κ1) is 15.0. The van der Waals surface area contributed by atoms with Gasteiger partial charge < -0.3 is 9.15 Å². The lowest BCUT2D eigenvalue weighted by atomic mass is 10.1. The second-order valence-corrected chi connectivity index (χ2v) is 4.97. The quantitative estimate of drug-likeness (QED) is 0.551. The molecule has 0 aliphatic carbocycles. The Morgan fingerprint density at radius 2 is 2.17 bits per heavy atom. The van der Waals surface area contributed by atoms with Crippen LogP contribution in [0.15, 0.2) is 47.3 Å². The number of aromatic nitrogens is 3. The van der Waals surface area contributed by atoms with Gasteiger partial charge in [-0.1, -0.05) is 17.7 Å². The number of benzene rings is 1. The molecule has 1 aromatic carbocycles. The molecule has 0 fully saturated rings. The Labute approximate surface area is 135 Å². The van der Waals surface area contributed by atoms with Crippen molar-refractivity contribution in [2.75, 3.05) is 0 Å². The molecule has 0 aliphatic rings. The van der Waals surface area contributed by atoms with E-state index in [2.05, 4.69) is 15.2 Å². The molecule has 3 aromatic rings. The molecule has 23 heavy (non-hydrogen) atoms. The molecule has 0 saturated heterocycles. The van der Waals surface area contributed by atoms with Gasteiger partial charge in [-0.15, -0.1) is 0 Å². The Kier molecular flexibility index (Phi) is 4.20. The fourth-order valence-electron chi connectivity index (χ4n) is 1.88. The van der Waals surface area contributed by atoms with Crippen molar-refractivity contribution in [1.82, 2.24) is 15.2 Å². The second-order valence-electron chi connectivity index (χ2n) is 4.53. The maximum absolute atomic E-state index is 12.0. The highest BCUT2D eigenvalue weighted by Gasteiger charge is 2.22. The number of nitrogens with zero attached hydrogens (tertiary/aromatic N) is 2. The van der Waals surface area contributed by atoms with Gasteiger partial charge in [-0.3, -0.25) is 14.7 Å². The van der Waals surface area contributed by atoms with Crippen LogP contribution in [0.2, 0.25) is 5.02 Å². The first-order valence-electron chi connectivity index (χ1n) is 6.56. The van der Waals surface area contributed by atoms with E-state index in [1.807, 2.05) is 0 Å². The average Bonchev–Trinajstić information content (AvgIpc) is 3.19. The van der Waals surface area contributed by atoms with Crippen molar-refractivity contribution >= 4 is 23.2 Å². The molecular weight excluding hydrogens is 322 g/mol. The van der Waals surface area contributed by atoms with Crippen molar-refractivity contribution in [3.05, 3.63) is 59.5 Å². The summed E-state index contributed by atoms with van der Waals surface area (Å²) in [6.07, 6.45) is 2.28. The summed E-state index contributed by atoms with van der Waals surface area (Å²) in [5.74, 6) is -0.498. The number of aromatic amines is 1. The summed E-state index contributed by atoms with van der Waals surface area (Å²) in [5.41, 5.74) is 0. The zero-order valence-corrected chi connectivity index (χ0v) is 12.4. The van der Waals surface area contributed by atoms with E-state index < -0.39 is 11.6 Å². The van der Waals surface area contributed by atoms with Gasteiger partial charge in [-0.25, -0.2) is 4.98 Å². The summed E-state index contributed by atoms with van der Waals surface area (Å²) in [5, 5.41) is 6.40. The molecule has 0 aliphatic heterocycles. The number of hydrogen-bond donors (Lipinski definition) is 1. The number of furan rings is 1. The molecule has 0 spiro atoms. The van der Waals surface area contributed by atoms with Gasteiger partial charge in [0.15, 0.2) is 17.3 Å². The van der Waals surface area contributed by atoms with Crippen LogP contribution in [-0.2, 0) is 11.2 Å². The van der Waals surface area contributed by atoms with Crippen molar-refractivity contribution in [3.8, 4) is 11.5 Å². The molecule has 2 heterocycles. The largest absolute Gasteiger partial charge is 0.465 e. The van der Waals surface area contributed by atoms with Gasteiger partial charge in [-0.2, -0.15) is 5.10 Å². The lowest BCUT2D eigenvalue weighted by Gasteiger charge is -2.05. The minimum Gasteiger partial charge on any atom is -0.465 e. The van der Waals surface area contributed by atoms with Gasteiger partial charge in [0.05, 0.1) is 12.7 Å². The van der Waals surface area contributed by atoms with Gasteiger partial charge in [0.25, 0.3) is 5.78 Å². The van der Waals surface area contributed by atoms with Crippen LogP contribution in [0.25, 0.3) is 0 Å². The Balaban J connectivity index is 1.73. The van der Waals surface area contributed by atoms with Crippen LogP contribution in [0.4, 0.5) is 0 Å². The molecule has 2 aromatic heterocycles. The molecule has 8 heteroatoms. The first-order chi connectivity index (χ1) is 11.1. The molecule has 0 unspecified atom stereocenters. The number of nitrogens with one attached hydrogen (secondary N) is 1. The fourth-order valence-corrected chi connectivity index (χ4v) is 2.06. The van der Waals surface area contributed by atoms with E-state index in [0.29, 0.717) is 16.5 Å². The van der Waals surface area contributed by atoms with Gasteiger partial charge in [0.2, 0.25) is 5.78 Å². The number of H-pyrrole nitrogens is 1. The number of carbonyl (C=O) groups excluding carboxylic acids is 2. The number of carbonyl (C=O) groups is 2. The van der Waals surface area contributed by atoms with Crippen LogP contribution in [-0.4, -0.2) is 26.7 Å². The third-order valence-electron chi connectivity index (χ3n) is 2.93. The van der Waals surface area contributed by atoms with Crippen molar-refractivity contribution in [2.45, 2.75) is 6.42 Å². The smallest absolute Gasteiger partial charge is 0.265 e. The van der Waals surface area contributed by atoms with Crippen molar-refractivity contribution in [1.29, 1.82) is 0 Å². The van der Waals surface area contributed by atoms with Crippen LogP contribution in [0.1, 0.15) is 16.4 Å². The van der Waals surface area contributed by atoms with Gasteiger partial charge in [0.1, 0.15) is 12.1 Å². The molecule has 0 atom stereocenters. The van der Waals surface area contributed by atoms with Crippen LogP contribution in [0.5, 0.6) is 11.5 Å². The minimum absolute atomic E-state index is 0.112. The topological polar surface area (TPSA) is 98.1 Å². The standard InChI is InChI=1S/C15H10ClN3O4/c16-9-2-1-3-10(6-9)23-12-4-5-22-13(12)7-11(20)14(21)15-17-8-18-19-15/h1-6,8H,7H2,(H,17,18,19). The summed E-state index contributed by atoms with van der Waals surface area (Å²) in [6.45, 7) is 0. The van der Waals surface area contributed by atoms with Crippen LogP contribution in [0.3, 0.4) is 0 Å². The Bertz CT molecular complexity index is 842. The Morgan fingerprint density at radius 3 is 2.91 bits per heavy atom. The fraction of sp³-hybridized carbons (Fsp3) is 0.0667. The van der Waals surface area contributed by atoms with Crippen LogP contribution >= 0.6 is 11.6 Å². The second kappa shape index (κ2) is 6.45. The molecule has 7 nitrogen and oxygen atoms in total. The number of Topliss-reactive ketones (excluding diaryl/α,β-unsaturated/α-hetero) is 2. The Morgan fingerprint density at radius 1 is 1.30 bits per heavy atom. The number of ketones is 2. The molecule has 3 rings (SSSR count). The molecule has 0 bridgehead atoms. The normalized spacial score (nSPS) is 10.5. The zero-order valence-electron chi connectivity index (χ0n) is 11.7. The summed E-state index contributed by atoms with van der Waals surface area (Å²) < 4.78 is 10.9. The maximum Gasteiger partial charge on any atom is 0.265 e. The SMILES string of the molecule is O=C(Cc1occc1Oc1cccc(Cl)c1)C(=O)c1ncn[nH]1. The van der Waals surface area contributed by atoms with Crippen LogP contribution < -0.4 is 4.74 Å². The van der Waals surface area contributed by atoms with E-state index in [-0.39, 0.29) is 18.0 Å². The monoisotopic (exact) mass is 331 g/mol. The number of ether oxygens (including phenoxy) is 1. The predicted molar refractivity (Wildman–Crippen MR) is 79.7 cm³/mol. The first-order valence-corrected chi connectivity index (χ1v) is 6.94. The molecule has 116 valence electrons. The van der Waals surface area contributed by atoms with E-state index in [1.54, 1.807) is 30.3 Å². The lowest BCUT2D eigenvalue weighted by Crippen LogP contribution is -2.18. The third-order valence-corrected chi connectivity index (χ3v) is 3.17. The highest BCUT2D eigenvalue weighted by atomic mass is 35.5. The highest BCUT2D eigenvalue weighted by Crippen LogP contribution is 2.28. The molecular formula is C15H10ClN3O4. The van der Waals surface area contributed by atoms with Gasteiger partial charge >= 0.3 is 0 Å². The summed E-state index contributed by atoms with van der Waals surface area (Å²) in [6, 6.07) is 8.34. The van der Waals surface area contributed by atoms with E-state index in [4.69, 9.17) is 20.8 Å². The maximum atomic E-state index is 12.0. The van der Waals surface area contributed by atoms with E-state index in [1.165, 1.54) is 6.26 Å². The zero-order chi connectivity index (χ0) is 16.2. The van der Waals surface area contributed by atoms with E-state index in [9.17, 15) is 9.59 Å². The van der Waals surface area contributed by atoms with E-state index in [0.717, 1.165) is 6.33 Å². The average molecular weight is 332 g/mol. The summed E-state index contributed by atoms with van der Waals surface area (Å²) in [7, 11) is 0. The van der Waals surface area contributed by atoms with Crippen molar-refractivity contribution in [2.24, 2.45) is 0 Å². The minimum atomic E-state index is -0.771. The van der Waals surface area contributed by atoms with Gasteiger partial charge in [0, 0.05) is 11.1 Å². The predicted octanol–water partition coefficient (Wildman–Crippen LogP) is 2.84. The van der Waals surface area contributed by atoms with E-state index >= 15 is 0 Å².